The summed E-state index contributed by atoms with van der Waals surface area (Å²) in [5.74, 6) is 1.27. The molecule has 0 radical (unpaired) electrons. The Balaban J connectivity index is 1.44. The molecular weight excluding hydrogens is 496 g/mol. The molecule has 0 saturated carbocycles. The molecule has 3 aromatic carbocycles. The topological polar surface area (TPSA) is 83.7 Å². The van der Waals surface area contributed by atoms with Crippen molar-refractivity contribution in [3.05, 3.63) is 83.9 Å². The van der Waals surface area contributed by atoms with E-state index in [-0.39, 0.29) is 0 Å². The second-order valence-electron chi connectivity index (χ2n) is 8.65. The maximum absolute atomic E-state index is 13.3. The van der Waals surface area contributed by atoms with Crippen LogP contribution in [0.2, 0.25) is 5.02 Å². The summed E-state index contributed by atoms with van der Waals surface area (Å²) in [4.78, 5) is 7.42. The van der Waals surface area contributed by atoms with Crippen molar-refractivity contribution in [3.8, 4) is 11.4 Å². The van der Waals surface area contributed by atoms with Gasteiger partial charge >= 0.3 is 0 Å². The van der Waals surface area contributed by atoms with Gasteiger partial charge < -0.3 is 4.90 Å². The number of aromatic nitrogens is 4. The lowest BCUT2D eigenvalue weighted by molar-refractivity contribution is 0.433. The summed E-state index contributed by atoms with van der Waals surface area (Å²) in [6.45, 7) is 1.90. The third-order valence-electron chi connectivity index (χ3n) is 6.46. The fourth-order valence-corrected chi connectivity index (χ4v) is 6.38. The standard InChI is InChI=1S/C26H23ClN6O2S/c27-22-13-6-4-11-20(22)24-29-30-25-21-12-5-7-14-23(21)28-26(33(24)25)31-15-8-16-32(18-17-31)36(34,35)19-9-2-1-3-10-19/h1-7,9-14H,8,15-18H2. The molecule has 1 saturated heterocycles. The zero-order valence-corrected chi connectivity index (χ0v) is 20.9. The van der Waals surface area contributed by atoms with Crippen molar-refractivity contribution in [2.45, 2.75) is 11.3 Å². The van der Waals surface area contributed by atoms with Crippen LogP contribution in [-0.4, -0.2) is 58.5 Å². The predicted molar refractivity (Wildman–Crippen MR) is 141 cm³/mol. The van der Waals surface area contributed by atoms with Gasteiger partial charge in [-0.3, -0.25) is 0 Å². The van der Waals surface area contributed by atoms with Gasteiger partial charge in [-0.15, -0.1) is 10.2 Å². The number of hydrogen-bond acceptors (Lipinski definition) is 6. The second-order valence-corrected chi connectivity index (χ2v) is 11.0. The SMILES string of the molecule is O=S(=O)(c1ccccc1)N1CCCN(c2nc3ccccc3c3nnc(-c4ccccc4Cl)n23)CC1. The van der Waals surface area contributed by atoms with Gasteiger partial charge in [-0.25, -0.2) is 17.8 Å². The molecule has 8 nitrogen and oxygen atoms in total. The van der Waals surface area contributed by atoms with E-state index in [4.69, 9.17) is 16.6 Å². The summed E-state index contributed by atoms with van der Waals surface area (Å²) in [5.41, 5.74) is 2.24. The minimum absolute atomic E-state index is 0.310. The van der Waals surface area contributed by atoms with Crippen LogP contribution in [0.15, 0.2) is 83.8 Å². The van der Waals surface area contributed by atoms with E-state index in [1.165, 1.54) is 0 Å². The van der Waals surface area contributed by atoms with Crippen molar-refractivity contribution in [2.24, 2.45) is 0 Å². The summed E-state index contributed by atoms with van der Waals surface area (Å²) in [7, 11) is -3.58. The first kappa shape index (κ1) is 22.9. The third kappa shape index (κ3) is 3.89. The molecule has 5 aromatic rings. The molecule has 0 unspecified atom stereocenters. The zero-order valence-electron chi connectivity index (χ0n) is 19.3. The molecule has 182 valence electrons. The van der Waals surface area contributed by atoms with E-state index < -0.39 is 10.0 Å². The number of anilines is 1. The van der Waals surface area contributed by atoms with E-state index in [0.717, 1.165) is 16.5 Å². The average molecular weight is 519 g/mol. The maximum atomic E-state index is 13.3. The molecule has 2 aromatic heterocycles. The summed E-state index contributed by atoms with van der Waals surface area (Å²) < 4.78 is 30.0. The first-order valence-electron chi connectivity index (χ1n) is 11.7. The fraction of sp³-hybridized carbons (Fsp3) is 0.192. The Hall–Kier alpha value is -3.53. The Labute approximate surface area is 213 Å². The number of benzene rings is 3. The molecular formula is C26H23ClN6O2S. The van der Waals surface area contributed by atoms with E-state index in [1.807, 2.05) is 59.0 Å². The summed E-state index contributed by atoms with van der Waals surface area (Å²) in [6.07, 6.45) is 0.658. The Morgan fingerprint density at radius 2 is 1.53 bits per heavy atom. The average Bonchev–Trinajstić information content (AvgIpc) is 3.19. The van der Waals surface area contributed by atoms with E-state index in [1.54, 1.807) is 28.6 Å². The largest absolute Gasteiger partial charge is 0.340 e. The Bertz CT molecular complexity index is 1670. The molecule has 36 heavy (non-hydrogen) atoms. The first-order valence-corrected chi connectivity index (χ1v) is 13.5. The normalized spacial score (nSPS) is 15.4. The maximum Gasteiger partial charge on any atom is 0.243 e. The van der Waals surface area contributed by atoms with Crippen LogP contribution in [0.25, 0.3) is 27.9 Å². The van der Waals surface area contributed by atoms with Crippen LogP contribution in [0.4, 0.5) is 5.95 Å². The lowest BCUT2D eigenvalue weighted by Gasteiger charge is -2.24. The Morgan fingerprint density at radius 3 is 2.36 bits per heavy atom. The number of rotatable bonds is 4. The number of sulfonamides is 1. The molecule has 0 amide bonds. The molecule has 3 heterocycles. The highest BCUT2D eigenvalue weighted by Crippen LogP contribution is 2.32. The van der Waals surface area contributed by atoms with Gasteiger partial charge in [0.05, 0.1) is 15.4 Å². The monoisotopic (exact) mass is 518 g/mol. The van der Waals surface area contributed by atoms with Gasteiger partial charge in [0, 0.05) is 37.1 Å². The molecule has 6 rings (SSSR count). The van der Waals surface area contributed by atoms with Crippen LogP contribution in [0, 0.1) is 0 Å². The molecule has 0 aliphatic carbocycles. The molecule has 0 N–H and O–H groups in total. The van der Waals surface area contributed by atoms with Crippen molar-refractivity contribution < 1.29 is 8.42 Å². The zero-order chi connectivity index (χ0) is 24.7. The van der Waals surface area contributed by atoms with Crippen LogP contribution < -0.4 is 4.90 Å². The van der Waals surface area contributed by atoms with E-state index in [0.29, 0.717) is 59.9 Å². The van der Waals surface area contributed by atoms with Crippen LogP contribution in [0.5, 0.6) is 0 Å². The first-order chi connectivity index (χ1) is 17.5. The predicted octanol–water partition coefficient (Wildman–Crippen LogP) is 4.50. The minimum atomic E-state index is -3.58. The molecule has 0 atom stereocenters. The Morgan fingerprint density at radius 1 is 0.778 bits per heavy atom. The quantitative estimate of drug-likeness (QED) is 0.348. The van der Waals surface area contributed by atoms with Gasteiger partial charge in [-0.2, -0.15) is 4.31 Å². The second kappa shape index (κ2) is 9.16. The summed E-state index contributed by atoms with van der Waals surface area (Å²) in [5, 5.41) is 10.5. The number of fused-ring (bicyclic) bond motifs is 3. The van der Waals surface area contributed by atoms with Crippen LogP contribution in [0.3, 0.4) is 0 Å². The highest BCUT2D eigenvalue weighted by Gasteiger charge is 2.29. The fourth-order valence-electron chi connectivity index (χ4n) is 4.67. The number of halogens is 1. The van der Waals surface area contributed by atoms with E-state index in [9.17, 15) is 8.42 Å². The third-order valence-corrected chi connectivity index (χ3v) is 8.70. The molecule has 1 aliphatic heterocycles. The van der Waals surface area contributed by atoms with Gasteiger partial charge in [0.2, 0.25) is 16.0 Å². The van der Waals surface area contributed by atoms with Crippen LogP contribution >= 0.6 is 11.6 Å². The molecule has 1 aliphatic rings. The van der Waals surface area contributed by atoms with Crippen molar-refractivity contribution in [3.63, 3.8) is 0 Å². The van der Waals surface area contributed by atoms with Gasteiger partial charge in [0.1, 0.15) is 0 Å². The lowest BCUT2D eigenvalue weighted by Crippen LogP contribution is -2.36. The van der Waals surface area contributed by atoms with Gasteiger partial charge in [0.15, 0.2) is 11.5 Å². The van der Waals surface area contributed by atoms with E-state index >= 15 is 0 Å². The number of para-hydroxylation sites is 1. The van der Waals surface area contributed by atoms with Crippen molar-refractivity contribution in [1.82, 2.24) is 23.9 Å². The molecule has 0 bridgehead atoms. The molecule has 10 heteroatoms. The van der Waals surface area contributed by atoms with Crippen LogP contribution in [-0.2, 0) is 10.0 Å². The Kier molecular flexibility index (Phi) is 5.83. The number of hydrogen-bond donors (Lipinski definition) is 0. The highest BCUT2D eigenvalue weighted by molar-refractivity contribution is 7.89. The van der Waals surface area contributed by atoms with Crippen molar-refractivity contribution in [2.75, 3.05) is 31.1 Å². The van der Waals surface area contributed by atoms with Gasteiger partial charge in [-0.05, 0) is 42.8 Å². The summed E-state index contributed by atoms with van der Waals surface area (Å²) in [6, 6.07) is 23.9. The highest BCUT2D eigenvalue weighted by atomic mass is 35.5. The van der Waals surface area contributed by atoms with Crippen LogP contribution in [0.1, 0.15) is 6.42 Å². The summed E-state index contributed by atoms with van der Waals surface area (Å²) >= 11 is 6.54. The van der Waals surface area contributed by atoms with Gasteiger partial charge in [0.25, 0.3) is 0 Å². The molecule has 0 spiro atoms. The van der Waals surface area contributed by atoms with Crippen molar-refractivity contribution in [1.29, 1.82) is 0 Å². The smallest absolute Gasteiger partial charge is 0.243 e. The van der Waals surface area contributed by atoms with Gasteiger partial charge in [-0.1, -0.05) is 54.1 Å². The number of nitrogens with zero attached hydrogens (tertiary/aromatic N) is 6. The van der Waals surface area contributed by atoms with Crippen molar-refractivity contribution >= 4 is 44.1 Å². The van der Waals surface area contributed by atoms with E-state index in [2.05, 4.69) is 15.1 Å². The lowest BCUT2D eigenvalue weighted by atomic mass is 10.2. The minimum Gasteiger partial charge on any atom is -0.340 e. The molecule has 1 fully saturated rings.